The molecule has 1 unspecified atom stereocenters. The highest BCUT2D eigenvalue weighted by molar-refractivity contribution is 5.16. The van der Waals surface area contributed by atoms with Crippen LogP contribution < -0.4 is 0 Å². The quantitative estimate of drug-likeness (QED) is 0.805. The second-order valence-corrected chi connectivity index (χ2v) is 4.24. The molecule has 0 bridgehead atoms. The van der Waals surface area contributed by atoms with Gasteiger partial charge >= 0.3 is 0 Å². The van der Waals surface area contributed by atoms with E-state index in [2.05, 4.69) is 0 Å². The van der Waals surface area contributed by atoms with Crippen molar-refractivity contribution in [3.05, 3.63) is 35.9 Å². The van der Waals surface area contributed by atoms with E-state index in [0.29, 0.717) is 13.0 Å². The lowest BCUT2D eigenvalue weighted by Gasteiger charge is -2.30. The maximum Gasteiger partial charge on any atom is 0.0887 e. The average Bonchev–Trinajstić information content (AvgIpc) is 2.19. The van der Waals surface area contributed by atoms with E-state index < -0.39 is 11.7 Å². The van der Waals surface area contributed by atoms with E-state index >= 15 is 0 Å². The van der Waals surface area contributed by atoms with Crippen molar-refractivity contribution in [1.29, 1.82) is 0 Å². The molecule has 0 aliphatic rings. The van der Waals surface area contributed by atoms with Gasteiger partial charge < -0.3 is 9.84 Å². The number of aliphatic hydroxyl groups is 1. The van der Waals surface area contributed by atoms with Crippen molar-refractivity contribution in [2.24, 2.45) is 0 Å². The zero-order valence-electron chi connectivity index (χ0n) is 9.73. The normalized spacial score (nSPS) is 13.9. The van der Waals surface area contributed by atoms with Crippen molar-refractivity contribution in [2.45, 2.75) is 38.9 Å². The molecule has 2 nitrogen and oxygen atoms in total. The highest BCUT2D eigenvalue weighted by Crippen LogP contribution is 2.18. The van der Waals surface area contributed by atoms with E-state index in [9.17, 15) is 5.11 Å². The lowest BCUT2D eigenvalue weighted by atomic mass is 9.95. The third kappa shape index (κ3) is 3.65. The summed E-state index contributed by atoms with van der Waals surface area (Å²) >= 11 is 0. The Morgan fingerprint density at radius 2 is 1.87 bits per heavy atom. The Kier molecular flexibility index (Phi) is 4.30. The molecule has 0 radical (unpaired) electrons. The van der Waals surface area contributed by atoms with E-state index in [-0.39, 0.29) is 0 Å². The first kappa shape index (κ1) is 12.2. The largest absolute Gasteiger partial charge is 0.390 e. The fraction of sp³-hybridized carbons (Fsp3) is 0.538. The van der Waals surface area contributed by atoms with Crippen molar-refractivity contribution in [3.8, 4) is 0 Å². The van der Waals surface area contributed by atoms with E-state index in [1.807, 2.05) is 51.1 Å². The van der Waals surface area contributed by atoms with Crippen LogP contribution in [0, 0.1) is 0 Å². The molecule has 1 N–H and O–H groups in total. The predicted molar refractivity (Wildman–Crippen MR) is 61.9 cm³/mol. The van der Waals surface area contributed by atoms with Crippen LogP contribution >= 0.6 is 0 Å². The third-order valence-electron chi connectivity index (χ3n) is 2.59. The van der Waals surface area contributed by atoms with E-state index in [4.69, 9.17) is 4.74 Å². The van der Waals surface area contributed by atoms with Gasteiger partial charge in [-0.3, -0.25) is 0 Å². The zero-order valence-corrected chi connectivity index (χ0v) is 9.73. The van der Waals surface area contributed by atoms with Gasteiger partial charge in [0.25, 0.3) is 0 Å². The Hall–Kier alpha value is -0.860. The number of ether oxygens (including phenoxy) is 1. The van der Waals surface area contributed by atoms with Crippen LogP contribution in [0.15, 0.2) is 30.3 Å². The number of rotatable bonds is 5. The summed E-state index contributed by atoms with van der Waals surface area (Å²) in [5.74, 6) is 0. The Balaban J connectivity index is 2.59. The summed E-state index contributed by atoms with van der Waals surface area (Å²) in [6, 6.07) is 9.98. The molecule has 1 atom stereocenters. The fourth-order valence-corrected chi connectivity index (χ4v) is 1.55. The van der Waals surface area contributed by atoms with Crippen molar-refractivity contribution in [2.75, 3.05) is 6.61 Å². The van der Waals surface area contributed by atoms with Crippen molar-refractivity contribution in [1.82, 2.24) is 0 Å². The van der Waals surface area contributed by atoms with E-state index in [1.54, 1.807) is 0 Å². The molecule has 0 saturated carbocycles. The van der Waals surface area contributed by atoms with Gasteiger partial charge in [0, 0.05) is 13.0 Å². The molecule has 0 saturated heterocycles. The molecular weight excluding hydrogens is 188 g/mol. The molecule has 0 aliphatic heterocycles. The molecule has 0 fully saturated rings. The van der Waals surface area contributed by atoms with Gasteiger partial charge in [-0.1, -0.05) is 30.3 Å². The maximum absolute atomic E-state index is 10.0. The summed E-state index contributed by atoms with van der Waals surface area (Å²) in [5, 5.41) is 10.0. The molecule has 1 rings (SSSR count). The lowest BCUT2D eigenvalue weighted by molar-refractivity contribution is -0.0955. The molecule has 0 spiro atoms. The average molecular weight is 208 g/mol. The summed E-state index contributed by atoms with van der Waals surface area (Å²) in [6.45, 7) is 6.41. The minimum absolute atomic E-state index is 0.472. The van der Waals surface area contributed by atoms with Crippen LogP contribution in [0.4, 0.5) is 0 Å². The van der Waals surface area contributed by atoms with E-state index in [0.717, 1.165) is 5.56 Å². The molecule has 1 aromatic rings. The number of benzene rings is 1. The monoisotopic (exact) mass is 208 g/mol. The Morgan fingerprint density at radius 3 is 2.40 bits per heavy atom. The summed E-state index contributed by atoms with van der Waals surface area (Å²) in [6.07, 6.45) is 0.160. The first-order valence-electron chi connectivity index (χ1n) is 5.42. The van der Waals surface area contributed by atoms with Gasteiger partial charge in [-0.2, -0.15) is 0 Å². The van der Waals surface area contributed by atoms with Crippen LogP contribution in [0.5, 0.6) is 0 Å². The minimum Gasteiger partial charge on any atom is -0.390 e. The highest BCUT2D eigenvalue weighted by atomic mass is 16.5. The molecule has 1 aromatic carbocycles. The second kappa shape index (κ2) is 5.29. The Bertz CT molecular complexity index is 280. The smallest absolute Gasteiger partial charge is 0.0887 e. The topological polar surface area (TPSA) is 29.5 Å². The highest BCUT2D eigenvalue weighted by Gasteiger charge is 2.27. The van der Waals surface area contributed by atoms with Crippen molar-refractivity contribution in [3.63, 3.8) is 0 Å². The van der Waals surface area contributed by atoms with Crippen LogP contribution in [0.2, 0.25) is 0 Å². The fourth-order valence-electron chi connectivity index (χ4n) is 1.55. The summed E-state index contributed by atoms with van der Waals surface area (Å²) in [4.78, 5) is 0. The predicted octanol–water partition coefficient (Wildman–Crippen LogP) is 2.41. The van der Waals surface area contributed by atoms with Crippen LogP contribution in [-0.4, -0.2) is 23.4 Å². The first-order chi connectivity index (χ1) is 7.06. The van der Waals surface area contributed by atoms with Gasteiger partial charge in [0.05, 0.1) is 11.7 Å². The van der Waals surface area contributed by atoms with Crippen LogP contribution in [0.1, 0.15) is 26.3 Å². The molecule has 0 aliphatic carbocycles. The molecule has 84 valence electrons. The van der Waals surface area contributed by atoms with E-state index in [1.165, 1.54) is 0 Å². The summed E-state index contributed by atoms with van der Waals surface area (Å²) in [7, 11) is 0. The number of aliphatic hydroxyl groups excluding tert-OH is 1. The van der Waals surface area contributed by atoms with Crippen molar-refractivity contribution >= 4 is 0 Å². The molecule has 15 heavy (non-hydrogen) atoms. The van der Waals surface area contributed by atoms with Crippen molar-refractivity contribution < 1.29 is 9.84 Å². The van der Waals surface area contributed by atoms with Gasteiger partial charge in [0.1, 0.15) is 0 Å². The minimum atomic E-state index is -0.482. The van der Waals surface area contributed by atoms with Crippen LogP contribution in [0.25, 0.3) is 0 Å². The summed E-state index contributed by atoms with van der Waals surface area (Å²) < 4.78 is 5.51. The SMILES string of the molecule is CCOC(C)(C)C(O)Cc1ccccc1. The standard InChI is InChI=1S/C13H20O2/c1-4-15-13(2,3)12(14)10-11-8-6-5-7-9-11/h5-9,12,14H,4,10H2,1-3H3. The molecule has 0 aromatic heterocycles. The molecular formula is C13H20O2. The molecule has 0 amide bonds. The lowest BCUT2D eigenvalue weighted by Crippen LogP contribution is -2.40. The van der Waals surface area contributed by atoms with Gasteiger partial charge in [0.2, 0.25) is 0 Å². The molecule has 0 heterocycles. The van der Waals surface area contributed by atoms with Gasteiger partial charge in [-0.15, -0.1) is 0 Å². The Morgan fingerprint density at radius 1 is 1.27 bits per heavy atom. The van der Waals surface area contributed by atoms with Crippen LogP contribution in [0.3, 0.4) is 0 Å². The summed E-state index contributed by atoms with van der Waals surface area (Å²) in [5.41, 5.74) is 0.655. The van der Waals surface area contributed by atoms with Crippen LogP contribution in [-0.2, 0) is 11.2 Å². The Labute approximate surface area is 91.9 Å². The third-order valence-corrected chi connectivity index (χ3v) is 2.59. The maximum atomic E-state index is 10.0. The first-order valence-corrected chi connectivity index (χ1v) is 5.42. The zero-order chi connectivity index (χ0) is 11.3. The van der Waals surface area contributed by atoms with Gasteiger partial charge in [-0.05, 0) is 26.3 Å². The number of hydrogen-bond donors (Lipinski definition) is 1. The van der Waals surface area contributed by atoms with Gasteiger partial charge in [-0.25, -0.2) is 0 Å². The van der Waals surface area contributed by atoms with Gasteiger partial charge in [0.15, 0.2) is 0 Å². The number of hydrogen-bond acceptors (Lipinski definition) is 2. The second-order valence-electron chi connectivity index (χ2n) is 4.24. The molecule has 2 heteroatoms.